The second kappa shape index (κ2) is 6.02. The van der Waals surface area contributed by atoms with Crippen LogP contribution in [0.25, 0.3) is 0 Å². The molecule has 0 fully saturated rings. The van der Waals surface area contributed by atoms with Gasteiger partial charge in [-0.1, -0.05) is 29.8 Å². The Morgan fingerprint density at radius 3 is 2.42 bits per heavy atom. The lowest BCUT2D eigenvalue weighted by Crippen LogP contribution is -2.17. The first kappa shape index (κ1) is 13.8. The number of aryl methyl sites for hydroxylation is 1. The summed E-state index contributed by atoms with van der Waals surface area (Å²) in [6.07, 6.45) is 4.05. The van der Waals surface area contributed by atoms with Crippen LogP contribution >= 0.6 is 0 Å². The van der Waals surface area contributed by atoms with E-state index >= 15 is 0 Å². The van der Waals surface area contributed by atoms with Crippen LogP contribution < -0.4 is 5.32 Å². The zero-order valence-electron chi connectivity index (χ0n) is 12.2. The Bertz CT molecular complexity index is 511. The first-order valence-corrected chi connectivity index (χ1v) is 6.89. The number of nitrogens with zero attached hydrogens (tertiary/aromatic N) is 2. The van der Waals surface area contributed by atoms with Crippen molar-refractivity contribution in [3.05, 3.63) is 53.3 Å². The van der Waals surface area contributed by atoms with Gasteiger partial charge in [-0.15, -0.1) is 0 Å². The smallest absolute Gasteiger partial charge is 0.0534 e. The second-order valence-corrected chi connectivity index (χ2v) is 5.44. The van der Waals surface area contributed by atoms with E-state index < -0.39 is 0 Å². The van der Waals surface area contributed by atoms with Crippen molar-refractivity contribution >= 4 is 0 Å². The Morgan fingerprint density at radius 2 is 1.84 bits per heavy atom. The molecule has 0 aliphatic rings. The lowest BCUT2D eigenvalue weighted by atomic mass is 10.1. The van der Waals surface area contributed by atoms with Gasteiger partial charge < -0.3 is 5.32 Å². The van der Waals surface area contributed by atoms with Gasteiger partial charge in [0.05, 0.1) is 6.20 Å². The molecule has 0 radical (unpaired) electrons. The van der Waals surface area contributed by atoms with Crippen molar-refractivity contribution in [1.82, 2.24) is 15.1 Å². The molecule has 3 heteroatoms. The molecule has 0 saturated heterocycles. The number of hydrogen-bond donors (Lipinski definition) is 1. The fraction of sp³-hybridized carbons (Fsp3) is 0.438. The fourth-order valence-corrected chi connectivity index (χ4v) is 2.00. The molecule has 0 aliphatic heterocycles. The molecule has 1 aromatic carbocycles. The van der Waals surface area contributed by atoms with E-state index in [4.69, 9.17) is 0 Å². The lowest BCUT2D eigenvalue weighted by Gasteiger charge is -2.13. The van der Waals surface area contributed by atoms with Gasteiger partial charge in [-0.2, -0.15) is 5.10 Å². The maximum atomic E-state index is 4.35. The fourth-order valence-electron chi connectivity index (χ4n) is 2.00. The summed E-state index contributed by atoms with van der Waals surface area (Å²) < 4.78 is 1.99. The van der Waals surface area contributed by atoms with E-state index in [1.807, 2.05) is 10.9 Å². The van der Waals surface area contributed by atoms with Crippen LogP contribution in [-0.4, -0.2) is 9.78 Å². The van der Waals surface area contributed by atoms with Crippen LogP contribution in [-0.2, 0) is 6.54 Å². The highest BCUT2D eigenvalue weighted by atomic mass is 15.3. The minimum absolute atomic E-state index is 0.350. The van der Waals surface area contributed by atoms with Crippen LogP contribution in [0.4, 0.5) is 0 Å². The normalized spacial score (nSPS) is 12.9. The Balaban J connectivity index is 1.92. The average Bonchev–Trinajstić information content (AvgIpc) is 2.86. The van der Waals surface area contributed by atoms with Crippen LogP contribution in [0.3, 0.4) is 0 Å². The van der Waals surface area contributed by atoms with Gasteiger partial charge in [-0.3, -0.25) is 4.68 Å². The highest BCUT2D eigenvalue weighted by Crippen LogP contribution is 2.14. The average molecular weight is 257 g/mol. The molecule has 1 atom stereocenters. The Morgan fingerprint density at radius 1 is 1.16 bits per heavy atom. The van der Waals surface area contributed by atoms with Gasteiger partial charge in [-0.05, 0) is 33.3 Å². The van der Waals surface area contributed by atoms with Crippen molar-refractivity contribution in [3.8, 4) is 0 Å². The van der Waals surface area contributed by atoms with E-state index in [9.17, 15) is 0 Å². The summed E-state index contributed by atoms with van der Waals surface area (Å²) in [6, 6.07) is 9.45. The molecule has 0 spiro atoms. The Labute approximate surface area is 115 Å². The Hall–Kier alpha value is -1.61. The van der Waals surface area contributed by atoms with Gasteiger partial charge in [0.25, 0.3) is 0 Å². The van der Waals surface area contributed by atoms with Gasteiger partial charge >= 0.3 is 0 Å². The molecule has 19 heavy (non-hydrogen) atoms. The van der Waals surface area contributed by atoms with E-state index in [1.165, 1.54) is 16.7 Å². The summed E-state index contributed by atoms with van der Waals surface area (Å²) in [7, 11) is 0. The number of nitrogens with one attached hydrogen (secondary N) is 1. The van der Waals surface area contributed by atoms with E-state index in [0.717, 1.165) is 6.54 Å². The van der Waals surface area contributed by atoms with E-state index in [-0.39, 0.29) is 0 Å². The third-order valence-corrected chi connectivity index (χ3v) is 3.37. The summed E-state index contributed by atoms with van der Waals surface area (Å²) in [4.78, 5) is 0. The van der Waals surface area contributed by atoms with Gasteiger partial charge in [0.2, 0.25) is 0 Å². The third-order valence-electron chi connectivity index (χ3n) is 3.37. The van der Waals surface area contributed by atoms with Gasteiger partial charge in [0.15, 0.2) is 0 Å². The van der Waals surface area contributed by atoms with Crippen LogP contribution in [0.15, 0.2) is 36.7 Å². The summed E-state index contributed by atoms with van der Waals surface area (Å²) in [5.74, 6) is 0. The molecule has 1 heterocycles. The molecular weight excluding hydrogens is 234 g/mol. The predicted octanol–water partition coefficient (Wildman–Crippen LogP) is 3.62. The van der Waals surface area contributed by atoms with Crippen molar-refractivity contribution in [1.29, 1.82) is 0 Å². The summed E-state index contributed by atoms with van der Waals surface area (Å²) in [5, 5.41) is 7.89. The van der Waals surface area contributed by atoms with Crippen LogP contribution in [0, 0.1) is 6.92 Å². The molecule has 2 aromatic rings. The number of rotatable bonds is 5. The molecule has 0 aliphatic carbocycles. The molecule has 0 amide bonds. The van der Waals surface area contributed by atoms with Crippen molar-refractivity contribution < 1.29 is 0 Å². The number of aromatic nitrogens is 2. The SMILES string of the molecule is Cc1ccc([C@@H](C)NCc2cnn(C(C)C)c2)cc1. The first-order valence-electron chi connectivity index (χ1n) is 6.89. The van der Waals surface area contributed by atoms with Crippen molar-refractivity contribution in [2.24, 2.45) is 0 Å². The highest BCUT2D eigenvalue weighted by molar-refractivity contribution is 5.23. The number of benzene rings is 1. The van der Waals surface area contributed by atoms with Crippen molar-refractivity contribution in [2.75, 3.05) is 0 Å². The summed E-state index contributed by atoms with van der Waals surface area (Å²) >= 11 is 0. The largest absolute Gasteiger partial charge is 0.306 e. The van der Waals surface area contributed by atoms with Gasteiger partial charge in [-0.25, -0.2) is 0 Å². The van der Waals surface area contributed by atoms with E-state index in [1.54, 1.807) is 0 Å². The monoisotopic (exact) mass is 257 g/mol. The van der Waals surface area contributed by atoms with Crippen LogP contribution in [0.2, 0.25) is 0 Å². The summed E-state index contributed by atoms with van der Waals surface area (Å²) in [5.41, 5.74) is 3.85. The van der Waals surface area contributed by atoms with Crippen LogP contribution in [0.1, 0.15) is 49.5 Å². The Kier molecular flexibility index (Phi) is 4.38. The standard InChI is InChI=1S/C16H23N3/c1-12(2)19-11-15(10-18-19)9-17-14(4)16-7-5-13(3)6-8-16/h5-8,10-12,14,17H,9H2,1-4H3/t14-/m1/s1. The lowest BCUT2D eigenvalue weighted by molar-refractivity contribution is 0.530. The number of hydrogen-bond acceptors (Lipinski definition) is 2. The van der Waals surface area contributed by atoms with Gasteiger partial charge in [0.1, 0.15) is 0 Å². The highest BCUT2D eigenvalue weighted by Gasteiger charge is 2.06. The first-order chi connectivity index (χ1) is 9.06. The quantitative estimate of drug-likeness (QED) is 0.886. The third kappa shape index (κ3) is 3.67. The minimum Gasteiger partial charge on any atom is -0.306 e. The minimum atomic E-state index is 0.350. The van der Waals surface area contributed by atoms with Crippen molar-refractivity contribution in [3.63, 3.8) is 0 Å². The molecular formula is C16H23N3. The van der Waals surface area contributed by atoms with E-state index in [0.29, 0.717) is 12.1 Å². The molecule has 1 N–H and O–H groups in total. The predicted molar refractivity (Wildman–Crippen MR) is 79.0 cm³/mol. The van der Waals surface area contributed by atoms with Gasteiger partial charge in [0, 0.05) is 30.4 Å². The molecule has 3 nitrogen and oxygen atoms in total. The topological polar surface area (TPSA) is 29.9 Å². The summed E-state index contributed by atoms with van der Waals surface area (Å²) in [6.45, 7) is 9.43. The molecule has 0 unspecified atom stereocenters. The zero-order chi connectivity index (χ0) is 13.8. The maximum Gasteiger partial charge on any atom is 0.0534 e. The molecule has 0 bridgehead atoms. The maximum absolute atomic E-state index is 4.35. The zero-order valence-corrected chi connectivity index (χ0v) is 12.2. The molecule has 0 saturated carbocycles. The van der Waals surface area contributed by atoms with Crippen molar-refractivity contribution in [2.45, 2.75) is 46.3 Å². The molecule has 102 valence electrons. The van der Waals surface area contributed by atoms with Crippen LogP contribution in [0.5, 0.6) is 0 Å². The van der Waals surface area contributed by atoms with E-state index in [2.05, 4.69) is 68.6 Å². The molecule has 1 aromatic heterocycles. The second-order valence-electron chi connectivity index (χ2n) is 5.44. The molecule has 2 rings (SSSR count).